The van der Waals surface area contributed by atoms with E-state index in [4.69, 9.17) is 5.73 Å². The van der Waals surface area contributed by atoms with Crippen LogP contribution in [0.25, 0.3) is 0 Å². The lowest BCUT2D eigenvalue weighted by Gasteiger charge is -2.34. The summed E-state index contributed by atoms with van der Waals surface area (Å²) in [5.41, 5.74) is 6.07. The number of carbonyl (C=O) groups is 1. The van der Waals surface area contributed by atoms with Crippen LogP contribution in [0, 0.1) is 0 Å². The lowest BCUT2D eigenvalue weighted by molar-refractivity contribution is -0.131. The Morgan fingerprint density at radius 1 is 1.31 bits per heavy atom. The van der Waals surface area contributed by atoms with Crippen molar-refractivity contribution in [1.29, 1.82) is 0 Å². The number of rotatable bonds is 5. The monoisotopic (exact) mass is 226 g/mol. The van der Waals surface area contributed by atoms with E-state index < -0.39 is 0 Å². The van der Waals surface area contributed by atoms with E-state index in [1.54, 1.807) is 0 Å². The van der Waals surface area contributed by atoms with Crippen LogP contribution < -0.4 is 5.73 Å². The second kappa shape index (κ2) is 6.24. The molecule has 94 valence electrons. The minimum Gasteiger partial charge on any atom is -0.346 e. The van der Waals surface area contributed by atoms with Gasteiger partial charge < -0.3 is 10.6 Å². The van der Waals surface area contributed by atoms with Crippen molar-refractivity contribution >= 4 is 5.91 Å². The Kier molecular flexibility index (Phi) is 5.26. The molecule has 0 aromatic carbocycles. The largest absolute Gasteiger partial charge is 0.346 e. The molecule has 0 aromatic rings. The first-order valence-electron chi connectivity index (χ1n) is 6.60. The highest BCUT2D eigenvalue weighted by atomic mass is 16.2. The summed E-state index contributed by atoms with van der Waals surface area (Å²) in [5.74, 6) is 0.220. The molecule has 0 aromatic heterocycles. The summed E-state index contributed by atoms with van der Waals surface area (Å²) in [4.78, 5) is 13.8. The lowest BCUT2D eigenvalue weighted by atomic mass is 9.80. The first-order valence-corrected chi connectivity index (χ1v) is 6.60. The molecule has 0 atom stereocenters. The lowest BCUT2D eigenvalue weighted by Crippen LogP contribution is -2.46. The number of hydrogen-bond acceptors (Lipinski definition) is 2. The van der Waals surface area contributed by atoms with Gasteiger partial charge in [-0.15, -0.1) is 0 Å². The zero-order valence-electron chi connectivity index (χ0n) is 10.8. The van der Waals surface area contributed by atoms with Gasteiger partial charge in [0.25, 0.3) is 0 Å². The molecule has 0 radical (unpaired) electrons. The van der Waals surface area contributed by atoms with Crippen LogP contribution in [0.2, 0.25) is 0 Å². The summed E-state index contributed by atoms with van der Waals surface area (Å²) in [6, 6.07) is 0. The average molecular weight is 226 g/mol. The minimum atomic E-state index is -0.212. The van der Waals surface area contributed by atoms with E-state index in [1.807, 2.05) is 11.9 Å². The molecule has 0 saturated heterocycles. The third kappa shape index (κ3) is 4.12. The fourth-order valence-corrected chi connectivity index (χ4v) is 2.39. The van der Waals surface area contributed by atoms with Crippen LogP contribution in [0.1, 0.15) is 58.3 Å². The van der Waals surface area contributed by atoms with Crippen LogP contribution in [0.4, 0.5) is 0 Å². The molecule has 1 aliphatic rings. The Hall–Kier alpha value is -0.570. The van der Waals surface area contributed by atoms with Crippen LogP contribution in [-0.4, -0.2) is 29.9 Å². The summed E-state index contributed by atoms with van der Waals surface area (Å²) in [6.07, 6.45) is 8.42. The van der Waals surface area contributed by atoms with Gasteiger partial charge in [0, 0.05) is 25.6 Å². The topological polar surface area (TPSA) is 46.3 Å². The van der Waals surface area contributed by atoms with E-state index in [0.29, 0.717) is 6.42 Å². The van der Waals surface area contributed by atoms with Gasteiger partial charge in [-0.1, -0.05) is 32.6 Å². The smallest absolute Gasteiger partial charge is 0.224 e. The molecule has 1 fully saturated rings. The maximum atomic E-state index is 12.0. The molecule has 1 saturated carbocycles. The van der Waals surface area contributed by atoms with Crippen molar-refractivity contribution in [1.82, 2.24) is 4.90 Å². The van der Waals surface area contributed by atoms with Crippen LogP contribution in [0.15, 0.2) is 0 Å². The molecule has 16 heavy (non-hydrogen) atoms. The van der Waals surface area contributed by atoms with Gasteiger partial charge in [0.05, 0.1) is 0 Å². The molecule has 0 unspecified atom stereocenters. The van der Waals surface area contributed by atoms with Crippen molar-refractivity contribution < 1.29 is 4.79 Å². The molecule has 0 bridgehead atoms. The van der Waals surface area contributed by atoms with Crippen LogP contribution in [0.3, 0.4) is 0 Å². The summed E-state index contributed by atoms with van der Waals surface area (Å²) in [6.45, 7) is 3.01. The number of carbonyl (C=O) groups excluding carboxylic acids is 1. The molecule has 0 heterocycles. The maximum Gasteiger partial charge on any atom is 0.224 e. The highest BCUT2D eigenvalue weighted by molar-refractivity contribution is 5.77. The van der Waals surface area contributed by atoms with E-state index in [9.17, 15) is 4.79 Å². The molecular weight excluding hydrogens is 200 g/mol. The predicted octanol–water partition coefficient (Wildman–Crippen LogP) is 2.30. The molecular formula is C13H26N2O. The Morgan fingerprint density at radius 3 is 2.50 bits per heavy atom. The van der Waals surface area contributed by atoms with Crippen LogP contribution >= 0.6 is 0 Å². The molecule has 3 nitrogen and oxygen atoms in total. The third-order valence-electron chi connectivity index (χ3n) is 3.63. The molecule has 0 aliphatic heterocycles. The van der Waals surface area contributed by atoms with Crippen molar-refractivity contribution in [3.05, 3.63) is 0 Å². The second-order valence-electron chi connectivity index (χ2n) is 5.27. The molecule has 1 aliphatic carbocycles. The molecule has 1 amide bonds. The minimum absolute atomic E-state index is 0.212. The predicted molar refractivity (Wildman–Crippen MR) is 67.2 cm³/mol. The Balaban J connectivity index is 2.36. The van der Waals surface area contributed by atoms with Gasteiger partial charge in [-0.2, -0.15) is 0 Å². The normalized spacial score (nSPS) is 19.4. The summed E-state index contributed by atoms with van der Waals surface area (Å²) in [7, 11) is 1.89. The SMILES string of the molecule is CCCCN(C)C(=O)CC1(N)CCCCC1. The first kappa shape index (κ1) is 13.5. The summed E-state index contributed by atoms with van der Waals surface area (Å²) in [5, 5.41) is 0. The quantitative estimate of drug-likeness (QED) is 0.782. The Labute approximate surface area is 99.4 Å². The van der Waals surface area contributed by atoms with E-state index >= 15 is 0 Å². The zero-order valence-corrected chi connectivity index (χ0v) is 10.8. The summed E-state index contributed by atoms with van der Waals surface area (Å²) < 4.78 is 0. The molecule has 2 N–H and O–H groups in total. The maximum absolute atomic E-state index is 12.0. The van der Waals surface area contributed by atoms with Crippen LogP contribution in [0.5, 0.6) is 0 Å². The van der Waals surface area contributed by atoms with Gasteiger partial charge in [-0.05, 0) is 19.3 Å². The van der Waals surface area contributed by atoms with Crippen molar-refractivity contribution in [3.63, 3.8) is 0 Å². The van der Waals surface area contributed by atoms with E-state index in [2.05, 4.69) is 6.92 Å². The van der Waals surface area contributed by atoms with Gasteiger partial charge in [0.15, 0.2) is 0 Å². The number of nitrogens with zero attached hydrogens (tertiary/aromatic N) is 1. The Bertz CT molecular complexity index is 222. The highest BCUT2D eigenvalue weighted by Gasteiger charge is 2.30. The Morgan fingerprint density at radius 2 is 1.94 bits per heavy atom. The van der Waals surface area contributed by atoms with Gasteiger partial charge >= 0.3 is 0 Å². The molecule has 3 heteroatoms. The van der Waals surface area contributed by atoms with E-state index in [1.165, 1.54) is 19.3 Å². The number of unbranched alkanes of at least 4 members (excludes halogenated alkanes) is 1. The zero-order chi connectivity index (χ0) is 12.0. The van der Waals surface area contributed by atoms with Gasteiger partial charge in [0.2, 0.25) is 5.91 Å². The average Bonchev–Trinajstić information content (AvgIpc) is 2.26. The van der Waals surface area contributed by atoms with Gasteiger partial charge in [0.1, 0.15) is 0 Å². The van der Waals surface area contributed by atoms with Crippen molar-refractivity contribution in [2.75, 3.05) is 13.6 Å². The third-order valence-corrected chi connectivity index (χ3v) is 3.63. The van der Waals surface area contributed by atoms with Crippen molar-refractivity contribution in [3.8, 4) is 0 Å². The second-order valence-corrected chi connectivity index (χ2v) is 5.27. The van der Waals surface area contributed by atoms with Crippen molar-refractivity contribution in [2.45, 2.75) is 63.8 Å². The molecule has 0 spiro atoms. The number of hydrogen-bond donors (Lipinski definition) is 1. The van der Waals surface area contributed by atoms with Gasteiger partial charge in [-0.25, -0.2) is 0 Å². The van der Waals surface area contributed by atoms with E-state index in [0.717, 1.165) is 32.2 Å². The number of nitrogens with two attached hydrogens (primary N) is 1. The fraction of sp³-hybridized carbons (Fsp3) is 0.923. The number of amides is 1. The standard InChI is InChI=1S/C13H26N2O/c1-3-4-10-15(2)12(16)11-13(14)8-6-5-7-9-13/h3-11,14H2,1-2H3. The first-order chi connectivity index (χ1) is 7.57. The molecule has 1 rings (SSSR count). The summed E-state index contributed by atoms with van der Waals surface area (Å²) >= 11 is 0. The van der Waals surface area contributed by atoms with Crippen LogP contribution in [-0.2, 0) is 4.79 Å². The van der Waals surface area contributed by atoms with Gasteiger partial charge in [-0.3, -0.25) is 4.79 Å². The highest BCUT2D eigenvalue weighted by Crippen LogP contribution is 2.29. The fourth-order valence-electron chi connectivity index (χ4n) is 2.39. The van der Waals surface area contributed by atoms with E-state index in [-0.39, 0.29) is 11.4 Å². The van der Waals surface area contributed by atoms with Crippen molar-refractivity contribution in [2.24, 2.45) is 5.73 Å².